The second kappa shape index (κ2) is 10.9. The third-order valence-corrected chi connectivity index (χ3v) is 8.25. The number of hydrogen-bond donors (Lipinski definition) is 4. The Hall–Kier alpha value is -4.76. The van der Waals surface area contributed by atoms with Gasteiger partial charge < -0.3 is 44.1 Å². The highest BCUT2D eigenvalue weighted by Crippen LogP contribution is 2.53. The number of rotatable bonds is 6. The van der Waals surface area contributed by atoms with Gasteiger partial charge in [-0.25, -0.2) is 0 Å². The van der Waals surface area contributed by atoms with E-state index in [0.29, 0.717) is 17.1 Å². The first-order valence-electron chi connectivity index (χ1n) is 13.6. The summed E-state index contributed by atoms with van der Waals surface area (Å²) in [6, 6.07) is 19.0. The van der Waals surface area contributed by atoms with Crippen molar-refractivity contribution in [3.63, 3.8) is 0 Å². The molecule has 0 saturated heterocycles. The minimum atomic E-state index is -0.427. The van der Waals surface area contributed by atoms with Crippen LogP contribution in [0, 0.1) is 0 Å². The van der Waals surface area contributed by atoms with Crippen molar-refractivity contribution in [1.29, 1.82) is 0 Å². The first-order chi connectivity index (χ1) is 20.3. The Morgan fingerprint density at radius 3 is 1.95 bits per heavy atom. The van der Waals surface area contributed by atoms with E-state index < -0.39 is 6.10 Å². The molecule has 9 nitrogen and oxygen atoms in total. The van der Waals surface area contributed by atoms with Crippen molar-refractivity contribution in [2.75, 3.05) is 34.5 Å². The molecule has 218 valence electrons. The molecule has 4 atom stereocenters. The van der Waals surface area contributed by atoms with Crippen molar-refractivity contribution < 1.29 is 44.1 Å². The monoisotopic (exact) mass is 572 g/mol. The Morgan fingerprint density at radius 1 is 0.643 bits per heavy atom. The van der Waals surface area contributed by atoms with Crippen LogP contribution in [0.25, 0.3) is 0 Å². The van der Waals surface area contributed by atoms with Gasteiger partial charge in [0.15, 0.2) is 11.5 Å². The molecule has 2 aliphatic rings. The molecule has 2 heterocycles. The van der Waals surface area contributed by atoms with Gasteiger partial charge in [0.2, 0.25) is 5.75 Å². The van der Waals surface area contributed by atoms with E-state index in [4.69, 9.17) is 23.7 Å². The lowest BCUT2D eigenvalue weighted by Gasteiger charge is -2.36. The van der Waals surface area contributed by atoms with E-state index in [-0.39, 0.29) is 65.5 Å². The van der Waals surface area contributed by atoms with Gasteiger partial charge in [-0.15, -0.1) is 0 Å². The van der Waals surface area contributed by atoms with Gasteiger partial charge >= 0.3 is 0 Å². The summed E-state index contributed by atoms with van der Waals surface area (Å²) in [6.07, 6.45) is -0.427. The van der Waals surface area contributed by atoms with Gasteiger partial charge in [-0.2, -0.15) is 0 Å². The van der Waals surface area contributed by atoms with Crippen LogP contribution in [0.4, 0.5) is 0 Å². The average molecular weight is 573 g/mol. The number of aromatic hydroxyl groups is 4. The lowest BCUT2D eigenvalue weighted by atomic mass is 9.74. The highest BCUT2D eigenvalue weighted by molar-refractivity contribution is 5.59. The van der Waals surface area contributed by atoms with Crippen LogP contribution in [-0.2, 0) is 4.74 Å². The van der Waals surface area contributed by atoms with E-state index in [0.717, 1.165) is 22.3 Å². The summed E-state index contributed by atoms with van der Waals surface area (Å²) >= 11 is 0. The summed E-state index contributed by atoms with van der Waals surface area (Å²) in [5, 5.41) is 42.1. The zero-order valence-electron chi connectivity index (χ0n) is 23.4. The first-order valence-corrected chi connectivity index (χ1v) is 13.6. The van der Waals surface area contributed by atoms with Gasteiger partial charge in [-0.3, -0.25) is 0 Å². The van der Waals surface area contributed by atoms with Crippen molar-refractivity contribution in [1.82, 2.24) is 0 Å². The molecule has 0 aliphatic carbocycles. The molecule has 9 heteroatoms. The molecule has 4 aromatic carbocycles. The standard InChI is InChI=1S/C33H32O9/c1-38-27-11-9-20(33(40-3)31(27)37)24-15-41-28-13-18(34)5-7-21(28)30(24)17-4-10-26(36)23(12-17)25-16-42-29-14-19(35)6-8-22(29)32(25)39-2/h4-14,24-25,30,32,34-37H,15-16H2,1-3H3/t24-,25-,30+,32+/m0/s1. The van der Waals surface area contributed by atoms with Gasteiger partial charge in [-0.1, -0.05) is 24.3 Å². The molecule has 0 amide bonds. The SMILES string of the molecule is COc1ccc([C@@H]2COc3cc(O)ccc3[C@H]2c2ccc(O)c([C@@H]3COc4cc(O)ccc4[C@H]3OC)c2)c(OC)c1O. The summed E-state index contributed by atoms with van der Waals surface area (Å²) in [5.74, 6) is 0.894. The molecular weight excluding hydrogens is 540 g/mol. The van der Waals surface area contributed by atoms with Crippen LogP contribution in [0.3, 0.4) is 0 Å². The molecule has 0 fully saturated rings. The molecule has 0 saturated carbocycles. The lowest BCUT2D eigenvalue weighted by molar-refractivity contribution is 0.0419. The number of phenols is 4. The van der Waals surface area contributed by atoms with Gasteiger partial charge in [0.05, 0.1) is 39.5 Å². The highest BCUT2D eigenvalue weighted by atomic mass is 16.5. The quantitative estimate of drug-likeness (QED) is 0.230. The van der Waals surface area contributed by atoms with Gasteiger partial charge in [-0.05, 0) is 35.9 Å². The summed E-state index contributed by atoms with van der Waals surface area (Å²) in [6.45, 7) is 0.470. The number of phenolic OH excluding ortho intramolecular Hbond substituents is 4. The average Bonchev–Trinajstić information content (AvgIpc) is 3.00. The van der Waals surface area contributed by atoms with Crippen molar-refractivity contribution in [3.05, 3.63) is 94.5 Å². The molecule has 0 aromatic heterocycles. The Labute approximate surface area is 243 Å². The normalized spacial score (nSPS) is 20.9. The minimum Gasteiger partial charge on any atom is -0.508 e. The summed E-state index contributed by atoms with van der Waals surface area (Å²) in [7, 11) is 4.58. The predicted octanol–water partition coefficient (Wildman–Crippen LogP) is 5.70. The fourth-order valence-corrected chi connectivity index (χ4v) is 6.29. The Morgan fingerprint density at radius 2 is 1.29 bits per heavy atom. The van der Waals surface area contributed by atoms with E-state index in [2.05, 4.69) is 0 Å². The first kappa shape index (κ1) is 27.4. The van der Waals surface area contributed by atoms with Gasteiger partial charge in [0.1, 0.15) is 28.7 Å². The maximum absolute atomic E-state index is 11.1. The minimum absolute atomic E-state index is 0.0870. The topological polar surface area (TPSA) is 127 Å². The second-order valence-electron chi connectivity index (χ2n) is 10.5. The second-order valence-corrected chi connectivity index (χ2v) is 10.5. The Balaban J connectivity index is 1.49. The maximum Gasteiger partial charge on any atom is 0.201 e. The zero-order valence-corrected chi connectivity index (χ0v) is 23.4. The van der Waals surface area contributed by atoms with Crippen molar-refractivity contribution in [2.24, 2.45) is 0 Å². The molecule has 0 unspecified atom stereocenters. The molecule has 42 heavy (non-hydrogen) atoms. The molecule has 0 spiro atoms. The Bertz CT molecular complexity index is 1630. The van der Waals surface area contributed by atoms with Crippen molar-refractivity contribution in [2.45, 2.75) is 23.9 Å². The number of hydrogen-bond acceptors (Lipinski definition) is 9. The summed E-state index contributed by atoms with van der Waals surface area (Å²) in [4.78, 5) is 0. The fraction of sp³-hybridized carbons (Fsp3) is 0.273. The van der Waals surface area contributed by atoms with Crippen LogP contribution in [0.15, 0.2) is 66.7 Å². The largest absolute Gasteiger partial charge is 0.508 e. The molecular formula is C33H32O9. The van der Waals surface area contributed by atoms with E-state index in [9.17, 15) is 20.4 Å². The number of benzene rings is 4. The van der Waals surface area contributed by atoms with E-state index in [1.165, 1.54) is 14.2 Å². The lowest BCUT2D eigenvalue weighted by Crippen LogP contribution is -2.27. The Kier molecular flexibility index (Phi) is 7.12. The van der Waals surface area contributed by atoms with Crippen LogP contribution in [0.5, 0.6) is 46.0 Å². The van der Waals surface area contributed by atoms with E-state index >= 15 is 0 Å². The summed E-state index contributed by atoms with van der Waals surface area (Å²) in [5.41, 5.74) is 3.86. The molecule has 0 bridgehead atoms. The molecule has 4 aromatic rings. The van der Waals surface area contributed by atoms with Crippen molar-refractivity contribution in [3.8, 4) is 46.0 Å². The maximum atomic E-state index is 11.1. The van der Waals surface area contributed by atoms with Gasteiger partial charge in [0, 0.05) is 53.3 Å². The zero-order chi connectivity index (χ0) is 29.5. The number of ether oxygens (including phenoxy) is 5. The van der Waals surface area contributed by atoms with Crippen LogP contribution >= 0.6 is 0 Å². The van der Waals surface area contributed by atoms with Crippen LogP contribution in [-0.4, -0.2) is 55.0 Å². The smallest absolute Gasteiger partial charge is 0.201 e. The fourth-order valence-electron chi connectivity index (χ4n) is 6.29. The van der Waals surface area contributed by atoms with Crippen molar-refractivity contribution >= 4 is 0 Å². The third-order valence-electron chi connectivity index (χ3n) is 8.25. The van der Waals surface area contributed by atoms with E-state index in [1.54, 1.807) is 49.6 Å². The number of methoxy groups -OCH3 is 3. The van der Waals surface area contributed by atoms with Gasteiger partial charge in [0.25, 0.3) is 0 Å². The molecule has 0 radical (unpaired) electrons. The van der Waals surface area contributed by atoms with Crippen LogP contribution in [0.1, 0.15) is 51.7 Å². The van der Waals surface area contributed by atoms with Crippen LogP contribution < -0.4 is 18.9 Å². The van der Waals surface area contributed by atoms with Crippen LogP contribution in [0.2, 0.25) is 0 Å². The highest BCUT2D eigenvalue weighted by Gasteiger charge is 2.39. The third kappa shape index (κ3) is 4.55. The molecule has 2 aliphatic heterocycles. The molecule has 6 rings (SSSR count). The number of fused-ring (bicyclic) bond motifs is 2. The summed E-state index contributed by atoms with van der Waals surface area (Å²) < 4.78 is 29.0. The predicted molar refractivity (Wildman–Crippen MR) is 154 cm³/mol. The molecule has 4 N–H and O–H groups in total. The van der Waals surface area contributed by atoms with E-state index in [1.807, 2.05) is 24.3 Å².